The number of benzene rings is 3. The molecule has 33 heavy (non-hydrogen) atoms. The van der Waals surface area contributed by atoms with Gasteiger partial charge >= 0.3 is 11.7 Å². The molecule has 1 aliphatic rings. The summed E-state index contributed by atoms with van der Waals surface area (Å²) in [4.78, 5) is 31.5. The largest absolute Gasteiger partial charge is 0.476 e. The highest BCUT2D eigenvalue weighted by molar-refractivity contribution is 6.30. The Kier molecular flexibility index (Phi) is 5.82. The van der Waals surface area contributed by atoms with Crippen molar-refractivity contribution in [3.63, 3.8) is 0 Å². The van der Waals surface area contributed by atoms with E-state index in [2.05, 4.69) is 10.6 Å². The van der Waals surface area contributed by atoms with Crippen LogP contribution in [0.1, 0.15) is 38.2 Å². The van der Waals surface area contributed by atoms with Crippen LogP contribution in [0.4, 0.5) is 0 Å². The Balaban J connectivity index is 1.86. The maximum atomic E-state index is 13.2. The zero-order valence-electron chi connectivity index (χ0n) is 18.3. The van der Waals surface area contributed by atoms with Crippen LogP contribution in [0.25, 0.3) is 0 Å². The third-order valence-corrected chi connectivity index (χ3v) is 5.72. The van der Waals surface area contributed by atoms with Gasteiger partial charge in [-0.3, -0.25) is 10.2 Å². The molecule has 0 bridgehead atoms. The molecule has 0 saturated carbocycles. The number of oxime groups is 1. The lowest BCUT2D eigenvalue weighted by Crippen LogP contribution is -2.59. The number of hydrogen-bond donors (Lipinski definition) is 2. The molecule has 0 spiro atoms. The van der Waals surface area contributed by atoms with Crippen LogP contribution in [-0.4, -0.2) is 27.8 Å². The number of rotatable bonds is 5. The summed E-state index contributed by atoms with van der Waals surface area (Å²) in [5, 5.41) is 16.2. The minimum Gasteiger partial charge on any atom is -0.476 e. The minimum atomic E-state index is -2.09. The van der Waals surface area contributed by atoms with E-state index < -0.39 is 17.6 Å². The monoisotopic (exact) mass is 463 g/mol. The Morgan fingerprint density at radius 3 is 2.18 bits per heavy atom. The van der Waals surface area contributed by atoms with Crippen LogP contribution in [0.5, 0.6) is 0 Å². The lowest BCUT2D eigenvalue weighted by molar-refractivity contribution is -0.186. The number of nitrogens with zero attached hydrogens (tertiary/aromatic N) is 2. The summed E-state index contributed by atoms with van der Waals surface area (Å²) in [6.45, 7) is 5.78. The molecule has 0 fully saturated rings. The molecule has 1 amide bonds. The average molecular weight is 464 g/mol. The van der Waals surface area contributed by atoms with Gasteiger partial charge in [0.15, 0.2) is 5.84 Å². The van der Waals surface area contributed by atoms with Gasteiger partial charge in [-0.2, -0.15) is 0 Å². The molecule has 2 N–H and O–H groups in total. The molecule has 0 saturated heterocycles. The number of carbonyl (C=O) groups is 2. The van der Waals surface area contributed by atoms with Gasteiger partial charge < -0.3 is 9.94 Å². The highest BCUT2D eigenvalue weighted by atomic mass is 35.5. The fourth-order valence-corrected chi connectivity index (χ4v) is 4.16. The van der Waals surface area contributed by atoms with Crippen LogP contribution in [0.3, 0.4) is 0 Å². The average Bonchev–Trinajstić information content (AvgIpc) is 3.14. The first kappa shape index (κ1) is 22.4. The van der Waals surface area contributed by atoms with Gasteiger partial charge in [-0.05, 0) is 56.2 Å². The highest BCUT2D eigenvalue weighted by Crippen LogP contribution is 2.37. The lowest BCUT2D eigenvalue weighted by Gasteiger charge is -2.34. The van der Waals surface area contributed by atoms with E-state index in [1.807, 2.05) is 32.9 Å². The van der Waals surface area contributed by atoms with Crippen LogP contribution in [0.15, 0.2) is 71.9 Å². The number of amidine groups is 1. The molecule has 1 atom stereocenters. The highest BCUT2D eigenvalue weighted by Gasteiger charge is 2.56. The van der Waals surface area contributed by atoms with E-state index in [0.717, 1.165) is 16.7 Å². The molecule has 0 radical (unpaired) electrons. The van der Waals surface area contributed by atoms with E-state index in [1.165, 1.54) is 5.01 Å². The predicted octanol–water partition coefficient (Wildman–Crippen LogP) is 4.54. The van der Waals surface area contributed by atoms with Crippen LogP contribution in [0, 0.1) is 20.8 Å². The summed E-state index contributed by atoms with van der Waals surface area (Å²) >= 11 is 5.95. The normalized spacial score (nSPS) is 17.3. The Morgan fingerprint density at radius 1 is 1.00 bits per heavy atom. The number of hydrazine groups is 1. The number of carboxylic acids is 1. The summed E-state index contributed by atoms with van der Waals surface area (Å²) in [6, 6.07) is 18.6. The molecule has 168 valence electrons. The van der Waals surface area contributed by atoms with E-state index in [4.69, 9.17) is 16.4 Å². The van der Waals surface area contributed by atoms with Gasteiger partial charge in [-0.15, -0.1) is 0 Å². The molecule has 1 aliphatic heterocycles. The standard InChI is InChI=1S/C25H22ClN3O4/c1-15-13-16(2)21(17(3)14-15)22-28-33-25(24(31)32,19-7-5-4-6-8-19)29(22)27-23(30)18-9-11-20(26)12-10-18/h4-14H,1-3H3,(H,27,30)(H,31,32). The quantitative estimate of drug-likeness (QED) is 0.579. The minimum absolute atomic E-state index is 0.193. The molecule has 0 aliphatic carbocycles. The maximum Gasteiger partial charge on any atom is 0.379 e. The molecule has 8 heteroatoms. The molecule has 3 aromatic rings. The number of amides is 1. The van der Waals surface area contributed by atoms with E-state index in [9.17, 15) is 14.7 Å². The summed E-state index contributed by atoms with van der Waals surface area (Å²) in [5.41, 5.74) is 4.70. The first-order valence-corrected chi connectivity index (χ1v) is 10.6. The maximum absolute atomic E-state index is 13.2. The first-order valence-electron chi connectivity index (χ1n) is 10.2. The Bertz CT molecular complexity index is 1240. The van der Waals surface area contributed by atoms with Crippen molar-refractivity contribution >= 4 is 29.3 Å². The van der Waals surface area contributed by atoms with Gasteiger partial charge in [-0.25, -0.2) is 9.80 Å². The summed E-state index contributed by atoms with van der Waals surface area (Å²) in [6.07, 6.45) is 0. The molecular formula is C25H22ClN3O4. The fraction of sp³-hybridized carbons (Fsp3) is 0.160. The van der Waals surface area contributed by atoms with Gasteiger partial charge in [-0.1, -0.05) is 64.8 Å². The van der Waals surface area contributed by atoms with E-state index in [-0.39, 0.29) is 5.84 Å². The van der Waals surface area contributed by atoms with Crippen molar-refractivity contribution in [3.05, 3.63) is 105 Å². The predicted molar refractivity (Wildman–Crippen MR) is 125 cm³/mol. The Labute approximate surface area is 196 Å². The second kappa shape index (κ2) is 8.60. The van der Waals surface area contributed by atoms with Gasteiger partial charge in [0.2, 0.25) is 0 Å². The number of aryl methyl sites for hydroxylation is 3. The molecule has 7 nitrogen and oxygen atoms in total. The van der Waals surface area contributed by atoms with E-state index in [0.29, 0.717) is 21.7 Å². The van der Waals surface area contributed by atoms with Crippen molar-refractivity contribution in [1.29, 1.82) is 0 Å². The fourth-order valence-electron chi connectivity index (χ4n) is 4.03. The summed E-state index contributed by atoms with van der Waals surface area (Å²) in [5.74, 6) is -1.67. The number of carbonyl (C=O) groups excluding carboxylic acids is 1. The molecule has 1 heterocycles. The molecule has 4 rings (SSSR count). The second-order valence-electron chi connectivity index (χ2n) is 7.88. The van der Waals surface area contributed by atoms with Crippen molar-refractivity contribution in [2.75, 3.05) is 0 Å². The van der Waals surface area contributed by atoms with Crippen molar-refractivity contribution in [2.24, 2.45) is 5.16 Å². The van der Waals surface area contributed by atoms with Crippen LogP contribution >= 0.6 is 11.6 Å². The third-order valence-electron chi connectivity index (χ3n) is 5.47. The van der Waals surface area contributed by atoms with Crippen molar-refractivity contribution in [3.8, 4) is 0 Å². The Morgan fingerprint density at radius 2 is 1.61 bits per heavy atom. The van der Waals surface area contributed by atoms with E-state index >= 15 is 0 Å². The number of halogens is 1. The molecule has 3 aromatic carbocycles. The topological polar surface area (TPSA) is 91.2 Å². The van der Waals surface area contributed by atoms with Gasteiger partial charge in [0.25, 0.3) is 5.91 Å². The van der Waals surface area contributed by atoms with Crippen LogP contribution in [-0.2, 0) is 15.4 Å². The van der Waals surface area contributed by atoms with Crippen molar-refractivity contribution in [2.45, 2.75) is 26.5 Å². The van der Waals surface area contributed by atoms with Gasteiger partial charge in [0, 0.05) is 21.7 Å². The summed E-state index contributed by atoms with van der Waals surface area (Å²) < 4.78 is 0. The van der Waals surface area contributed by atoms with Crippen molar-refractivity contribution in [1.82, 2.24) is 10.4 Å². The molecular weight excluding hydrogens is 442 g/mol. The number of hydrogen-bond acceptors (Lipinski definition) is 5. The zero-order chi connectivity index (χ0) is 23.8. The van der Waals surface area contributed by atoms with E-state index in [1.54, 1.807) is 54.6 Å². The Hall–Kier alpha value is -3.84. The smallest absolute Gasteiger partial charge is 0.379 e. The van der Waals surface area contributed by atoms with Crippen LogP contribution in [0.2, 0.25) is 5.02 Å². The van der Waals surface area contributed by atoms with Crippen molar-refractivity contribution < 1.29 is 19.5 Å². The summed E-state index contributed by atoms with van der Waals surface area (Å²) in [7, 11) is 0. The van der Waals surface area contributed by atoms with Gasteiger partial charge in [0.1, 0.15) is 0 Å². The SMILES string of the molecule is Cc1cc(C)c(C2=NOC(C(=O)O)(c3ccccc3)N2NC(=O)c2ccc(Cl)cc2)c(C)c1. The second-order valence-corrected chi connectivity index (χ2v) is 8.31. The van der Waals surface area contributed by atoms with Crippen LogP contribution < -0.4 is 5.43 Å². The van der Waals surface area contributed by atoms with Gasteiger partial charge in [0.05, 0.1) is 0 Å². The first-order chi connectivity index (χ1) is 15.7. The number of carboxylic acid groups (broad SMARTS) is 1. The lowest BCUT2D eigenvalue weighted by atomic mass is 9.96. The number of nitrogens with one attached hydrogen (secondary N) is 1. The molecule has 1 unspecified atom stereocenters. The zero-order valence-corrected chi connectivity index (χ0v) is 19.1. The third kappa shape index (κ3) is 3.91. The number of aliphatic carboxylic acids is 1. The molecule has 0 aromatic heterocycles.